The van der Waals surface area contributed by atoms with E-state index < -0.39 is 29.6 Å². The smallest absolute Gasteiger partial charge is 0.416 e. The summed E-state index contributed by atoms with van der Waals surface area (Å²) in [7, 11) is 0. The van der Waals surface area contributed by atoms with Crippen LogP contribution >= 0.6 is 15.9 Å². The molecule has 37 heavy (non-hydrogen) atoms. The topological polar surface area (TPSA) is 29.5 Å². The van der Waals surface area contributed by atoms with Gasteiger partial charge in [-0.25, -0.2) is 4.79 Å². The fraction of sp³-hybridized carbons (Fsp3) is 0.519. The Hall–Kier alpha value is -2.23. The van der Waals surface area contributed by atoms with E-state index in [4.69, 9.17) is 4.74 Å². The molecule has 0 aromatic heterocycles. The van der Waals surface area contributed by atoms with E-state index >= 15 is 0 Å². The van der Waals surface area contributed by atoms with E-state index in [0.717, 1.165) is 58.2 Å². The minimum absolute atomic E-state index is 0.00996. The molecule has 2 aromatic rings. The molecular weight excluding hydrogens is 564 g/mol. The maximum atomic E-state index is 13.3. The van der Waals surface area contributed by atoms with Crippen LogP contribution in [0.5, 0.6) is 0 Å². The van der Waals surface area contributed by atoms with Crippen LogP contribution in [0.4, 0.5) is 36.8 Å². The highest BCUT2D eigenvalue weighted by Gasteiger charge is 2.37. The molecule has 0 saturated heterocycles. The first kappa shape index (κ1) is 27.8. The molecule has 0 saturated carbocycles. The highest BCUT2D eigenvalue weighted by atomic mass is 79.9. The molecule has 0 spiro atoms. The minimum atomic E-state index is -4.88. The number of fused-ring (bicyclic) bond motifs is 3. The Morgan fingerprint density at radius 1 is 1.00 bits per heavy atom. The van der Waals surface area contributed by atoms with Gasteiger partial charge in [-0.3, -0.25) is 4.90 Å². The Morgan fingerprint density at radius 2 is 1.62 bits per heavy atom. The number of aryl methyl sites for hydroxylation is 1. The lowest BCUT2D eigenvalue weighted by Gasteiger charge is -2.28. The molecule has 0 fully saturated rings. The molecule has 3 nitrogen and oxygen atoms in total. The summed E-state index contributed by atoms with van der Waals surface area (Å²) >= 11 is 3.65. The fourth-order valence-electron chi connectivity index (χ4n) is 5.38. The van der Waals surface area contributed by atoms with Crippen LogP contribution in [0.25, 0.3) is 0 Å². The zero-order valence-corrected chi connectivity index (χ0v) is 22.1. The number of carbonyl (C=O) groups is 1. The van der Waals surface area contributed by atoms with Gasteiger partial charge in [0, 0.05) is 11.0 Å². The summed E-state index contributed by atoms with van der Waals surface area (Å²) in [5.74, 6) is -0.141. The summed E-state index contributed by atoms with van der Waals surface area (Å²) in [4.78, 5) is 14.7. The van der Waals surface area contributed by atoms with Gasteiger partial charge in [0.25, 0.3) is 0 Å². The van der Waals surface area contributed by atoms with Crippen LogP contribution in [-0.4, -0.2) is 18.7 Å². The summed E-state index contributed by atoms with van der Waals surface area (Å²) in [6.45, 7) is 3.98. The van der Waals surface area contributed by atoms with Crippen molar-refractivity contribution in [1.29, 1.82) is 0 Å². The molecule has 1 amide bonds. The number of amides is 1. The van der Waals surface area contributed by atoms with Crippen molar-refractivity contribution in [2.24, 2.45) is 0 Å². The predicted molar refractivity (Wildman–Crippen MR) is 132 cm³/mol. The number of nitrogens with zero attached hydrogens (tertiary/aromatic N) is 1. The Kier molecular flexibility index (Phi) is 7.89. The number of hydrogen-bond donors (Lipinski definition) is 0. The van der Waals surface area contributed by atoms with Crippen molar-refractivity contribution in [2.45, 2.75) is 83.2 Å². The third-order valence-corrected chi connectivity index (χ3v) is 7.69. The molecule has 1 heterocycles. The first-order chi connectivity index (χ1) is 17.3. The summed E-state index contributed by atoms with van der Waals surface area (Å²) < 4.78 is 86.5. The Balaban J connectivity index is 1.70. The number of alkyl halides is 6. The fourth-order valence-corrected chi connectivity index (χ4v) is 6.06. The van der Waals surface area contributed by atoms with Crippen LogP contribution in [0.3, 0.4) is 0 Å². The van der Waals surface area contributed by atoms with Gasteiger partial charge in [0.05, 0.1) is 22.9 Å². The molecule has 0 bridgehead atoms. The normalized spacial score (nSPS) is 18.0. The van der Waals surface area contributed by atoms with Crippen molar-refractivity contribution in [3.05, 3.63) is 62.1 Å². The highest BCUT2D eigenvalue weighted by molar-refractivity contribution is 9.10. The van der Waals surface area contributed by atoms with E-state index in [9.17, 15) is 31.1 Å². The maximum absolute atomic E-state index is 13.3. The zero-order chi connectivity index (χ0) is 27.1. The number of ether oxygens (including phenoxy) is 1. The Morgan fingerprint density at radius 3 is 2.22 bits per heavy atom. The van der Waals surface area contributed by atoms with Gasteiger partial charge >= 0.3 is 18.4 Å². The Labute approximate surface area is 220 Å². The molecule has 202 valence electrons. The summed E-state index contributed by atoms with van der Waals surface area (Å²) in [5, 5.41) is 0. The van der Waals surface area contributed by atoms with Crippen LogP contribution in [0, 0.1) is 0 Å². The third-order valence-electron chi connectivity index (χ3n) is 6.98. The average Bonchev–Trinajstić information content (AvgIpc) is 3.21. The van der Waals surface area contributed by atoms with Gasteiger partial charge in [-0.1, -0.05) is 15.9 Å². The molecule has 0 radical (unpaired) electrons. The lowest BCUT2D eigenvalue weighted by molar-refractivity contribution is -0.143. The van der Waals surface area contributed by atoms with Crippen LogP contribution in [-0.2, 0) is 36.4 Å². The lowest BCUT2D eigenvalue weighted by atomic mass is 9.86. The van der Waals surface area contributed by atoms with E-state index in [2.05, 4.69) is 15.9 Å². The van der Waals surface area contributed by atoms with Crippen molar-refractivity contribution in [3.8, 4) is 0 Å². The molecule has 2 aromatic carbocycles. The average molecular weight is 592 g/mol. The standard InChI is InChI=1S/C27H28BrF6NO2/c1-15(2)37-25(36)35-10-4-5-17(22-14-23(28)20-6-3-7-21(20)24(22)35)9-8-16-11-18(26(29,30)31)13-19(12-16)27(32,33)34/h11-15,17H,3-10H2,1-2H3. The first-order valence-corrected chi connectivity index (χ1v) is 13.2. The van der Waals surface area contributed by atoms with Gasteiger partial charge in [-0.2, -0.15) is 26.3 Å². The number of carbonyl (C=O) groups excluding carboxylic acids is 1. The third kappa shape index (κ3) is 6.10. The van der Waals surface area contributed by atoms with E-state index in [0.29, 0.717) is 25.8 Å². The predicted octanol–water partition coefficient (Wildman–Crippen LogP) is 8.84. The largest absolute Gasteiger partial charge is 0.446 e. The van der Waals surface area contributed by atoms with E-state index in [1.165, 1.54) is 0 Å². The molecule has 1 aliphatic carbocycles. The van der Waals surface area contributed by atoms with E-state index in [1.54, 1.807) is 18.7 Å². The lowest BCUT2D eigenvalue weighted by Crippen LogP contribution is -2.34. The quantitative estimate of drug-likeness (QED) is 0.332. The van der Waals surface area contributed by atoms with Crippen LogP contribution in [0.2, 0.25) is 0 Å². The first-order valence-electron chi connectivity index (χ1n) is 12.4. The SMILES string of the molecule is CC(C)OC(=O)N1CCCC(CCc2cc(C(F)(F)F)cc(C(F)(F)F)c2)c2cc(Br)c3c(c21)CCC3. The highest BCUT2D eigenvalue weighted by Crippen LogP contribution is 2.46. The van der Waals surface area contributed by atoms with Crippen molar-refractivity contribution >= 4 is 27.7 Å². The van der Waals surface area contributed by atoms with Gasteiger partial charge in [0.2, 0.25) is 0 Å². The summed E-state index contributed by atoms with van der Waals surface area (Å²) in [6.07, 6.45) is -6.24. The molecule has 2 aliphatic rings. The van der Waals surface area contributed by atoms with Gasteiger partial charge in [-0.15, -0.1) is 0 Å². The molecule has 0 N–H and O–H groups in total. The van der Waals surface area contributed by atoms with Gasteiger partial charge in [0.1, 0.15) is 0 Å². The van der Waals surface area contributed by atoms with E-state index in [1.807, 2.05) is 6.07 Å². The second kappa shape index (κ2) is 10.5. The number of halogens is 7. The van der Waals surface area contributed by atoms with E-state index in [-0.39, 0.29) is 30.1 Å². The molecule has 1 aliphatic heterocycles. The van der Waals surface area contributed by atoms with Crippen LogP contribution in [0.1, 0.15) is 78.8 Å². The Bertz CT molecular complexity index is 1140. The second-order valence-electron chi connectivity index (χ2n) is 9.98. The van der Waals surface area contributed by atoms with Crippen LogP contribution < -0.4 is 4.90 Å². The molecule has 4 rings (SSSR count). The van der Waals surface area contributed by atoms with Crippen LogP contribution in [0.15, 0.2) is 28.7 Å². The number of rotatable bonds is 4. The molecular formula is C27H28BrF6NO2. The molecule has 1 atom stereocenters. The van der Waals surface area contributed by atoms with Gasteiger partial charge in [0.15, 0.2) is 0 Å². The number of anilines is 1. The minimum Gasteiger partial charge on any atom is -0.446 e. The van der Waals surface area contributed by atoms with Crippen molar-refractivity contribution in [1.82, 2.24) is 0 Å². The monoisotopic (exact) mass is 591 g/mol. The molecule has 1 unspecified atom stereocenters. The summed E-state index contributed by atoms with van der Waals surface area (Å²) in [5.41, 5.74) is 1.26. The molecule has 10 heteroatoms. The van der Waals surface area contributed by atoms with Crippen molar-refractivity contribution in [2.75, 3.05) is 11.4 Å². The number of benzene rings is 2. The van der Waals surface area contributed by atoms with Gasteiger partial charge in [-0.05, 0) is 111 Å². The summed E-state index contributed by atoms with van der Waals surface area (Å²) in [6, 6.07) is 3.73. The van der Waals surface area contributed by atoms with Gasteiger partial charge < -0.3 is 4.74 Å². The van der Waals surface area contributed by atoms with Crippen molar-refractivity contribution < 1.29 is 35.9 Å². The number of hydrogen-bond acceptors (Lipinski definition) is 2. The maximum Gasteiger partial charge on any atom is 0.416 e. The van der Waals surface area contributed by atoms with Crippen molar-refractivity contribution in [3.63, 3.8) is 0 Å². The zero-order valence-electron chi connectivity index (χ0n) is 20.5. The second-order valence-corrected chi connectivity index (χ2v) is 10.8.